The van der Waals surface area contributed by atoms with E-state index in [0.717, 1.165) is 5.56 Å². The lowest BCUT2D eigenvalue weighted by atomic mass is 10.1. The highest BCUT2D eigenvalue weighted by Gasteiger charge is 1.97. The maximum Gasteiger partial charge on any atom is 0.217 e. The number of hydrogen-bond donors (Lipinski definition) is 2. The van der Waals surface area contributed by atoms with Crippen molar-refractivity contribution in [3.8, 4) is 6.07 Å². The van der Waals surface area contributed by atoms with Gasteiger partial charge in [0, 0.05) is 19.2 Å². The number of amides is 1. The summed E-state index contributed by atoms with van der Waals surface area (Å²) in [6, 6.07) is 7.23. The molecule has 1 aromatic carbocycles. The van der Waals surface area contributed by atoms with Crippen molar-refractivity contribution in [3.05, 3.63) is 35.4 Å². The molecule has 0 radical (unpaired) electrons. The van der Waals surface area contributed by atoms with Gasteiger partial charge in [-0.25, -0.2) is 0 Å². The Hall–Kier alpha value is -2.28. The van der Waals surface area contributed by atoms with Crippen LogP contribution in [0.3, 0.4) is 0 Å². The molecule has 0 fully saturated rings. The molecule has 0 saturated heterocycles. The van der Waals surface area contributed by atoms with E-state index < -0.39 is 0 Å². The number of anilines is 1. The predicted molar refractivity (Wildman–Crippen MR) is 63.3 cm³/mol. The Morgan fingerprint density at radius 3 is 3.00 bits per heavy atom. The Morgan fingerprint density at radius 1 is 1.62 bits per heavy atom. The van der Waals surface area contributed by atoms with Crippen molar-refractivity contribution in [2.24, 2.45) is 0 Å². The van der Waals surface area contributed by atoms with Gasteiger partial charge in [-0.05, 0) is 17.7 Å². The van der Waals surface area contributed by atoms with Crippen LogP contribution in [-0.2, 0) is 4.79 Å². The Kier molecular flexibility index (Phi) is 4.10. The molecular weight excluding hydrogens is 202 g/mol. The van der Waals surface area contributed by atoms with Gasteiger partial charge in [0.15, 0.2) is 0 Å². The third kappa shape index (κ3) is 3.46. The molecule has 0 aliphatic heterocycles. The van der Waals surface area contributed by atoms with E-state index in [1.807, 2.05) is 24.3 Å². The lowest BCUT2D eigenvalue weighted by Gasteiger charge is -1.99. The largest absolute Gasteiger partial charge is 0.398 e. The molecule has 0 spiro atoms. The molecule has 0 aliphatic carbocycles. The molecule has 1 amide bonds. The number of carbonyl (C=O) groups is 1. The predicted octanol–water partition coefficient (Wildman–Crippen LogP) is 1.29. The summed E-state index contributed by atoms with van der Waals surface area (Å²) in [5.41, 5.74) is 7.41. The average molecular weight is 215 g/mol. The fraction of sp³-hybridized carbons (Fsp3) is 0.167. The van der Waals surface area contributed by atoms with E-state index >= 15 is 0 Å². The molecule has 4 nitrogen and oxygen atoms in total. The minimum Gasteiger partial charge on any atom is -0.398 e. The van der Waals surface area contributed by atoms with Crippen LogP contribution in [0.15, 0.2) is 24.3 Å². The fourth-order valence-corrected chi connectivity index (χ4v) is 1.17. The van der Waals surface area contributed by atoms with E-state index in [-0.39, 0.29) is 5.91 Å². The molecule has 1 aromatic rings. The van der Waals surface area contributed by atoms with Crippen molar-refractivity contribution in [1.29, 1.82) is 5.26 Å². The lowest BCUT2D eigenvalue weighted by Crippen LogP contribution is -2.19. The van der Waals surface area contributed by atoms with E-state index in [4.69, 9.17) is 11.0 Å². The SMILES string of the molecule is CC(=O)NCC=Cc1ccc(N)c(C#N)c1. The number of hydrogen-bond acceptors (Lipinski definition) is 3. The van der Waals surface area contributed by atoms with E-state index in [1.54, 1.807) is 12.1 Å². The Bertz CT molecular complexity index is 458. The quantitative estimate of drug-likeness (QED) is 0.746. The van der Waals surface area contributed by atoms with Crippen molar-refractivity contribution in [1.82, 2.24) is 5.32 Å². The summed E-state index contributed by atoms with van der Waals surface area (Å²) in [6.07, 6.45) is 3.64. The third-order valence-corrected chi connectivity index (χ3v) is 1.98. The monoisotopic (exact) mass is 215 g/mol. The molecule has 16 heavy (non-hydrogen) atoms. The van der Waals surface area contributed by atoms with E-state index in [9.17, 15) is 4.79 Å². The van der Waals surface area contributed by atoms with Gasteiger partial charge >= 0.3 is 0 Å². The summed E-state index contributed by atoms with van der Waals surface area (Å²) in [6.45, 7) is 1.94. The molecule has 82 valence electrons. The van der Waals surface area contributed by atoms with Gasteiger partial charge in [0.2, 0.25) is 5.91 Å². The highest BCUT2D eigenvalue weighted by Crippen LogP contribution is 2.13. The van der Waals surface area contributed by atoms with Gasteiger partial charge < -0.3 is 11.1 Å². The number of carbonyl (C=O) groups excluding carboxylic acids is 1. The van der Waals surface area contributed by atoms with Crippen LogP contribution in [0.2, 0.25) is 0 Å². The number of rotatable bonds is 3. The first-order chi connectivity index (χ1) is 7.63. The molecule has 1 rings (SSSR count). The highest BCUT2D eigenvalue weighted by atomic mass is 16.1. The summed E-state index contributed by atoms with van der Waals surface area (Å²) in [5.74, 6) is -0.0697. The smallest absolute Gasteiger partial charge is 0.217 e. The molecule has 0 aromatic heterocycles. The first kappa shape index (κ1) is 11.8. The number of nitriles is 1. The minimum absolute atomic E-state index is 0.0697. The second kappa shape index (κ2) is 5.56. The van der Waals surface area contributed by atoms with Crippen LogP contribution in [-0.4, -0.2) is 12.5 Å². The molecular formula is C12H13N3O. The molecule has 4 heteroatoms. The summed E-state index contributed by atoms with van der Waals surface area (Å²) >= 11 is 0. The van der Waals surface area contributed by atoms with E-state index in [1.165, 1.54) is 6.92 Å². The second-order valence-electron chi connectivity index (χ2n) is 3.30. The van der Waals surface area contributed by atoms with Crippen molar-refractivity contribution in [2.75, 3.05) is 12.3 Å². The van der Waals surface area contributed by atoms with Gasteiger partial charge in [0.1, 0.15) is 6.07 Å². The van der Waals surface area contributed by atoms with Gasteiger partial charge in [-0.3, -0.25) is 4.79 Å². The van der Waals surface area contributed by atoms with Crippen LogP contribution in [0.1, 0.15) is 18.1 Å². The van der Waals surface area contributed by atoms with Crippen LogP contribution in [0, 0.1) is 11.3 Å². The lowest BCUT2D eigenvalue weighted by molar-refractivity contribution is -0.118. The third-order valence-electron chi connectivity index (χ3n) is 1.98. The zero-order valence-electron chi connectivity index (χ0n) is 9.03. The van der Waals surface area contributed by atoms with Crippen molar-refractivity contribution < 1.29 is 4.79 Å². The number of nitrogens with zero attached hydrogens (tertiary/aromatic N) is 1. The van der Waals surface area contributed by atoms with Crippen LogP contribution in [0.4, 0.5) is 5.69 Å². The first-order valence-electron chi connectivity index (χ1n) is 4.84. The second-order valence-corrected chi connectivity index (χ2v) is 3.30. The van der Waals surface area contributed by atoms with Crippen LogP contribution < -0.4 is 11.1 Å². The molecule has 0 bridgehead atoms. The number of benzene rings is 1. The maximum absolute atomic E-state index is 10.6. The minimum atomic E-state index is -0.0697. The molecule has 0 atom stereocenters. The first-order valence-corrected chi connectivity index (χ1v) is 4.84. The Morgan fingerprint density at radius 2 is 2.38 bits per heavy atom. The molecule has 0 heterocycles. The topological polar surface area (TPSA) is 78.9 Å². The summed E-state index contributed by atoms with van der Waals surface area (Å²) in [4.78, 5) is 10.6. The molecule has 0 aliphatic rings. The molecule has 0 unspecified atom stereocenters. The van der Waals surface area contributed by atoms with Crippen LogP contribution in [0.5, 0.6) is 0 Å². The van der Waals surface area contributed by atoms with Gasteiger partial charge in [0.05, 0.1) is 5.56 Å². The van der Waals surface area contributed by atoms with Crippen molar-refractivity contribution in [2.45, 2.75) is 6.92 Å². The normalized spacial score (nSPS) is 10.0. The van der Waals surface area contributed by atoms with Crippen LogP contribution >= 0.6 is 0 Å². The van der Waals surface area contributed by atoms with Crippen molar-refractivity contribution >= 4 is 17.7 Å². The zero-order valence-corrected chi connectivity index (χ0v) is 9.03. The van der Waals surface area contributed by atoms with Gasteiger partial charge in [-0.15, -0.1) is 0 Å². The summed E-state index contributed by atoms with van der Waals surface area (Å²) < 4.78 is 0. The van der Waals surface area contributed by atoms with E-state index in [0.29, 0.717) is 17.8 Å². The highest BCUT2D eigenvalue weighted by molar-refractivity contribution is 5.73. The summed E-state index contributed by atoms with van der Waals surface area (Å²) in [5, 5.41) is 11.4. The number of nitrogens with one attached hydrogen (secondary N) is 1. The zero-order chi connectivity index (χ0) is 12.0. The summed E-state index contributed by atoms with van der Waals surface area (Å²) in [7, 11) is 0. The van der Waals surface area contributed by atoms with Crippen molar-refractivity contribution in [3.63, 3.8) is 0 Å². The Labute approximate surface area is 94.4 Å². The van der Waals surface area contributed by atoms with Crippen LogP contribution in [0.25, 0.3) is 6.08 Å². The number of nitrogens with two attached hydrogens (primary N) is 1. The fourth-order valence-electron chi connectivity index (χ4n) is 1.17. The standard InChI is InChI=1S/C12H13N3O/c1-9(16)15-6-2-3-10-4-5-12(14)11(7-10)8-13/h2-5,7H,6,14H2,1H3,(H,15,16). The number of nitrogen functional groups attached to an aromatic ring is 1. The average Bonchev–Trinajstić information content (AvgIpc) is 2.26. The van der Waals surface area contributed by atoms with E-state index in [2.05, 4.69) is 5.32 Å². The maximum atomic E-state index is 10.6. The van der Waals surface area contributed by atoms with Gasteiger partial charge in [-0.2, -0.15) is 5.26 Å². The van der Waals surface area contributed by atoms with Gasteiger partial charge in [0.25, 0.3) is 0 Å². The Balaban J connectivity index is 2.68. The molecule has 3 N–H and O–H groups in total. The molecule has 0 saturated carbocycles. The van der Waals surface area contributed by atoms with Gasteiger partial charge in [-0.1, -0.05) is 18.2 Å².